The summed E-state index contributed by atoms with van der Waals surface area (Å²) in [5, 5.41) is 11.3. The highest BCUT2D eigenvalue weighted by molar-refractivity contribution is 7.99. The molecular weight excluding hydrogens is 336 g/mol. The number of nitrogens with zero attached hydrogens (tertiary/aromatic N) is 3. The molecule has 0 atom stereocenters. The van der Waals surface area contributed by atoms with Gasteiger partial charge in [0.15, 0.2) is 0 Å². The molecule has 1 N–H and O–H groups in total. The lowest BCUT2D eigenvalue weighted by molar-refractivity contribution is -0.113. The van der Waals surface area contributed by atoms with Crippen LogP contribution in [0.5, 0.6) is 0 Å². The number of hydrogen-bond donors (Lipinski definition) is 1. The van der Waals surface area contributed by atoms with Crippen LogP contribution < -0.4 is 5.32 Å². The maximum atomic E-state index is 12.2. The quantitative estimate of drug-likeness (QED) is 0.674. The standard InChI is InChI=1S/C18H18N4O2S/c1-12(2)14-5-3-4-6-15(14)20-16(23)11-25-18-22-21-17(24-18)13-7-9-19-10-8-13/h3-10,12H,11H2,1-2H3,(H,20,23). The highest BCUT2D eigenvalue weighted by Gasteiger charge is 2.13. The number of nitrogens with one attached hydrogen (secondary N) is 1. The van der Waals surface area contributed by atoms with Gasteiger partial charge in [-0.2, -0.15) is 0 Å². The zero-order valence-electron chi connectivity index (χ0n) is 14.0. The first-order chi connectivity index (χ1) is 12.1. The summed E-state index contributed by atoms with van der Waals surface area (Å²) in [6.45, 7) is 4.19. The molecule has 128 valence electrons. The van der Waals surface area contributed by atoms with Crippen molar-refractivity contribution in [2.24, 2.45) is 0 Å². The van der Waals surface area contributed by atoms with E-state index in [2.05, 4.69) is 34.3 Å². The summed E-state index contributed by atoms with van der Waals surface area (Å²) in [5.41, 5.74) is 2.74. The predicted molar refractivity (Wildman–Crippen MR) is 97.4 cm³/mol. The van der Waals surface area contributed by atoms with Crippen molar-refractivity contribution in [3.63, 3.8) is 0 Å². The number of carbonyl (C=O) groups excluding carboxylic acids is 1. The highest BCUT2D eigenvalue weighted by atomic mass is 32.2. The number of rotatable bonds is 6. The lowest BCUT2D eigenvalue weighted by atomic mass is 10.0. The fourth-order valence-corrected chi connectivity index (χ4v) is 2.87. The molecule has 2 heterocycles. The third-order valence-electron chi connectivity index (χ3n) is 3.52. The van der Waals surface area contributed by atoms with Gasteiger partial charge in [0.25, 0.3) is 5.22 Å². The second-order valence-corrected chi connectivity index (χ2v) is 6.61. The molecule has 0 aliphatic heterocycles. The molecule has 6 nitrogen and oxygen atoms in total. The number of carbonyl (C=O) groups is 1. The molecule has 1 aromatic carbocycles. The second kappa shape index (κ2) is 7.94. The lowest BCUT2D eigenvalue weighted by Gasteiger charge is -2.13. The number of hydrogen-bond acceptors (Lipinski definition) is 6. The van der Waals surface area contributed by atoms with Crippen LogP contribution in [0.1, 0.15) is 25.3 Å². The molecule has 3 rings (SSSR count). The van der Waals surface area contributed by atoms with Crippen LogP contribution in [0.15, 0.2) is 58.4 Å². The molecule has 25 heavy (non-hydrogen) atoms. The first-order valence-electron chi connectivity index (χ1n) is 7.89. The van der Waals surface area contributed by atoms with E-state index in [0.717, 1.165) is 16.8 Å². The third-order valence-corrected chi connectivity index (χ3v) is 4.34. The van der Waals surface area contributed by atoms with Crippen molar-refractivity contribution in [2.45, 2.75) is 25.0 Å². The average molecular weight is 354 g/mol. The van der Waals surface area contributed by atoms with Gasteiger partial charge >= 0.3 is 0 Å². The molecule has 0 radical (unpaired) electrons. The second-order valence-electron chi connectivity index (χ2n) is 5.69. The summed E-state index contributed by atoms with van der Waals surface area (Å²) in [5.74, 6) is 0.838. The largest absolute Gasteiger partial charge is 0.411 e. The van der Waals surface area contributed by atoms with Crippen molar-refractivity contribution in [3.8, 4) is 11.5 Å². The zero-order chi connectivity index (χ0) is 17.6. The Labute approximate surface area is 150 Å². The molecular formula is C18H18N4O2S. The summed E-state index contributed by atoms with van der Waals surface area (Å²) in [6.07, 6.45) is 3.32. The predicted octanol–water partition coefficient (Wildman–Crippen LogP) is 3.99. The van der Waals surface area contributed by atoms with Crippen molar-refractivity contribution in [3.05, 3.63) is 54.4 Å². The maximum Gasteiger partial charge on any atom is 0.277 e. The Hall–Kier alpha value is -2.67. The maximum absolute atomic E-state index is 12.2. The van der Waals surface area contributed by atoms with Crippen LogP contribution in [0.4, 0.5) is 5.69 Å². The van der Waals surface area contributed by atoms with Gasteiger partial charge in [-0.25, -0.2) is 0 Å². The number of benzene rings is 1. The van der Waals surface area contributed by atoms with E-state index in [1.54, 1.807) is 24.5 Å². The van der Waals surface area contributed by atoms with Crippen molar-refractivity contribution >= 4 is 23.4 Å². The average Bonchev–Trinajstić information content (AvgIpc) is 3.10. The monoisotopic (exact) mass is 354 g/mol. The first-order valence-corrected chi connectivity index (χ1v) is 8.87. The normalized spacial score (nSPS) is 10.8. The van der Waals surface area contributed by atoms with Gasteiger partial charge in [-0.3, -0.25) is 9.78 Å². The van der Waals surface area contributed by atoms with Gasteiger partial charge in [0.2, 0.25) is 11.8 Å². The van der Waals surface area contributed by atoms with Crippen molar-refractivity contribution in [1.29, 1.82) is 0 Å². The van der Waals surface area contributed by atoms with Crippen molar-refractivity contribution in [2.75, 3.05) is 11.1 Å². The Balaban J connectivity index is 1.59. The van der Waals surface area contributed by atoms with Gasteiger partial charge in [0.05, 0.1) is 5.75 Å². The summed E-state index contributed by atoms with van der Waals surface area (Å²) >= 11 is 1.21. The Morgan fingerprint density at radius 3 is 2.68 bits per heavy atom. The van der Waals surface area contributed by atoms with Crippen LogP contribution in [0, 0.1) is 0 Å². The highest BCUT2D eigenvalue weighted by Crippen LogP contribution is 2.25. The van der Waals surface area contributed by atoms with E-state index < -0.39 is 0 Å². The zero-order valence-corrected chi connectivity index (χ0v) is 14.8. The number of aromatic nitrogens is 3. The van der Waals surface area contributed by atoms with Gasteiger partial charge in [0, 0.05) is 23.6 Å². The Morgan fingerprint density at radius 2 is 1.92 bits per heavy atom. The van der Waals surface area contributed by atoms with Crippen LogP contribution >= 0.6 is 11.8 Å². The molecule has 0 aliphatic carbocycles. The molecule has 0 bridgehead atoms. The molecule has 0 saturated carbocycles. The smallest absolute Gasteiger partial charge is 0.277 e. The lowest BCUT2D eigenvalue weighted by Crippen LogP contribution is -2.15. The van der Waals surface area contributed by atoms with Crippen molar-refractivity contribution < 1.29 is 9.21 Å². The van der Waals surface area contributed by atoms with E-state index in [1.807, 2.05) is 24.3 Å². The van der Waals surface area contributed by atoms with Crippen LogP contribution in [-0.4, -0.2) is 26.8 Å². The summed E-state index contributed by atoms with van der Waals surface area (Å²) in [4.78, 5) is 16.2. The van der Waals surface area contributed by atoms with E-state index in [0.29, 0.717) is 17.0 Å². The summed E-state index contributed by atoms with van der Waals surface area (Å²) in [7, 11) is 0. The molecule has 0 fully saturated rings. The topological polar surface area (TPSA) is 80.9 Å². The number of thioether (sulfide) groups is 1. The molecule has 0 aliphatic rings. The Morgan fingerprint density at radius 1 is 1.16 bits per heavy atom. The van der Waals surface area contributed by atoms with Crippen LogP contribution in [0.25, 0.3) is 11.5 Å². The summed E-state index contributed by atoms with van der Waals surface area (Å²) < 4.78 is 5.57. The fraction of sp³-hybridized carbons (Fsp3) is 0.222. The third kappa shape index (κ3) is 4.45. The van der Waals surface area contributed by atoms with E-state index in [9.17, 15) is 4.79 Å². The first kappa shape index (κ1) is 17.2. The minimum absolute atomic E-state index is 0.109. The number of pyridine rings is 1. The molecule has 1 amide bonds. The Kier molecular flexibility index (Phi) is 5.45. The van der Waals surface area contributed by atoms with Crippen LogP contribution in [0.3, 0.4) is 0 Å². The molecule has 0 saturated heterocycles. The van der Waals surface area contributed by atoms with Gasteiger partial charge < -0.3 is 9.73 Å². The van der Waals surface area contributed by atoms with E-state index in [1.165, 1.54) is 11.8 Å². The van der Waals surface area contributed by atoms with E-state index in [4.69, 9.17) is 4.42 Å². The minimum atomic E-state index is -0.109. The van der Waals surface area contributed by atoms with Crippen LogP contribution in [-0.2, 0) is 4.79 Å². The molecule has 0 spiro atoms. The van der Waals surface area contributed by atoms with Gasteiger partial charge in [-0.15, -0.1) is 10.2 Å². The van der Waals surface area contributed by atoms with Gasteiger partial charge in [-0.1, -0.05) is 43.8 Å². The molecule has 7 heteroatoms. The van der Waals surface area contributed by atoms with E-state index in [-0.39, 0.29) is 11.7 Å². The number of anilines is 1. The van der Waals surface area contributed by atoms with E-state index >= 15 is 0 Å². The Bertz CT molecular complexity index is 849. The van der Waals surface area contributed by atoms with Gasteiger partial charge in [-0.05, 0) is 29.7 Å². The molecule has 3 aromatic rings. The number of para-hydroxylation sites is 1. The van der Waals surface area contributed by atoms with Gasteiger partial charge in [0.1, 0.15) is 0 Å². The van der Waals surface area contributed by atoms with Crippen molar-refractivity contribution in [1.82, 2.24) is 15.2 Å². The molecule has 0 unspecified atom stereocenters. The number of amides is 1. The minimum Gasteiger partial charge on any atom is -0.411 e. The SMILES string of the molecule is CC(C)c1ccccc1NC(=O)CSc1nnc(-c2ccncc2)o1. The van der Waals surface area contributed by atoms with Crippen LogP contribution in [0.2, 0.25) is 0 Å². The fourth-order valence-electron chi connectivity index (χ4n) is 2.31. The molecule has 2 aromatic heterocycles. The summed E-state index contributed by atoms with van der Waals surface area (Å²) in [6, 6.07) is 11.4.